The Morgan fingerprint density at radius 2 is 1.95 bits per heavy atom. The fourth-order valence-electron chi connectivity index (χ4n) is 5.80. The molecule has 3 aliphatic rings. The second kappa shape index (κ2) is 9.49. The number of nitrogens with zero attached hydrogens (tertiary/aromatic N) is 1. The second-order valence-electron chi connectivity index (χ2n) is 10.2. The third kappa shape index (κ3) is 4.41. The quantitative estimate of drug-likeness (QED) is 0.303. The maximum absolute atomic E-state index is 13.8. The Morgan fingerprint density at radius 1 is 1.29 bits per heavy atom. The zero-order valence-corrected chi connectivity index (χ0v) is 22.2. The number of carbonyl (C=O) groups excluding carboxylic acids is 2. The van der Waals surface area contributed by atoms with Gasteiger partial charge in [-0.25, -0.2) is 13.1 Å². The zero-order chi connectivity index (χ0) is 28.3. The van der Waals surface area contributed by atoms with E-state index in [9.17, 15) is 33.3 Å². The Morgan fingerprint density at radius 3 is 2.53 bits per heavy atom. The topological polar surface area (TPSA) is 194 Å². The first-order valence-electron chi connectivity index (χ1n) is 11.9. The molecule has 3 aliphatic carbocycles. The molecule has 12 heteroatoms. The van der Waals surface area contributed by atoms with Crippen LogP contribution in [0, 0.1) is 40.9 Å². The number of hydrogen-bond acceptors (Lipinski definition) is 9. The SMILES string of the molecule is CC1C(O)=C(C(N)=O)C(=N)C2C(=O)C3=C(O)c4c(O)c(C#CCNS(C)(=O)=O)cc(N(C)C)c4CC3CC12. The number of fused-ring (bicyclic) bond motifs is 3. The predicted octanol–water partition coefficient (Wildman–Crippen LogP) is 0.972. The van der Waals surface area contributed by atoms with Gasteiger partial charge in [0.2, 0.25) is 10.0 Å². The van der Waals surface area contributed by atoms with Crippen LogP contribution in [0.15, 0.2) is 23.0 Å². The van der Waals surface area contributed by atoms with Gasteiger partial charge in [-0.2, -0.15) is 0 Å². The summed E-state index contributed by atoms with van der Waals surface area (Å²) in [6.07, 6.45) is 1.67. The molecule has 0 heterocycles. The van der Waals surface area contributed by atoms with E-state index >= 15 is 0 Å². The van der Waals surface area contributed by atoms with Gasteiger partial charge in [0.05, 0.1) is 41.1 Å². The van der Waals surface area contributed by atoms with Crippen LogP contribution in [0.25, 0.3) is 5.76 Å². The van der Waals surface area contributed by atoms with E-state index in [-0.39, 0.29) is 46.0 Å². The van der Waals surface area contributed by atoms with Crippen molar-refractivity contribution in [2.45, 2.75) is 19.8 Å². The van der Waals surface area contributed by atoms with Crippen LogP contribution in [0.3, 0.4) is 0 Å². The second-order valence-corrected chi connectivity index (χ2v) is 12.0. The molecular formula is C26H30N4O7S. The highest BCUT2D eigenvalue weighted by Crippen LogP contribution is 2.52. The third-order valence-electron chi connectivity index (χ3n) is 7.55. The van der Waals surface area contributed by atoms with Crippen molar-refractivity contribution in [3.8, 4) is 17.6 Å². The van der Waals surface area contributed by atoms with Crippen LogP contribution in [0.5, 0.6) is 5.75 Å². The van der Waals surface area contributed by atoms with Gasteiger partial charge in [-0.1, -0.05) is 18.8 Å². The first kappa shape index (κ1) is 27.2. The smallest absolute Gasteiger partial charge is 0.253 e. The molecule has 38 heavy (non-hydrogen) atoms. The highest BCUT2D eigenvalue weighted by molar-refractivity contribution is 7.88. The van der Waals surface area contributed by atoms with Gasteiger partial charge in [-0.3, -0.25) is 9.59 Å². The minimum atomic E-state index is -3.46. The molecule has 1 aromatic carbocycles. The van der Waals surface area contributed by atoms with Crippen molar-refractivity contribution in [1.29, 1.82) is 5.41 Å². The average Bonchev–Trinajstić information content (AvgIpc) is 2.80. The van der Waals surface area contributed by atoms with E-state index in [1.165, 1.54) is 0 Å². The molecule has 0 aliphatic heterocycles. The molecule has 1 aromatic rings. The van der Waals surface area contributed by atoms with Gasteiger partial charge in [0, 0.05) is 31.3 Å². The largest absolute Gasteiger partial charge is 0.511 e. The van der Waals surface area contributed by atoms with E-state index in [1.54, 1.807) is 32.0 Å². The van der Waals surface area contributed by atoms with Gasteiger partial charge in [-0.05, 0) is 36.3 Å². The number of phenols is 1. The number of aliphatic hydroxyl groups is 2. The Balaban J connectivity index is 1.85. The number of Topliss-reactive ketones (excluding diaryl/α,β-unsaturated/α-hetero) is 1. The van der Waals surface area contributed by atoms with Crippen molar-refractivity contribution < 1.29 is 33.3 Å². The molecule has 0 aromatic heterocycles. The number of rotatable bonds is 4. The Kier molecular flexibility index (Phi) is 6.80. The van der Waals surface area contributed by atoms with E-state index in [4.69, 9.17) is 11.1 Å². The molecule has 0 bridgehead atoms. The average molecular weight is 543 g/mol. The number of sulfonamides is 1. The number of carbonyl (C=O) groups is 2. The normalized spacial score (nSPS) is 24.7. The number of aromatic hydroxyl groups is 1. The number of nitrogens with one attached hydrogen (secondary N) is 2. The molecular weight excluding hydrogens is 512 g/mol. The summed E-state index contributed by atoms with van der Waals surface area (Å²) in [5.74, 6) is 0.177. The maximum atomic E-state index is 13.8. The molecule has 1 fully saturated rings. The van der Waals surface area contributed by atoms with Gasteiger partial charge in [0.1, 0.15) is 17.3 Å². The van der Waals surface area contributed by atoms with E-state index in [0.29, 0.717) is 24.1 Å². The molecule has 4 rings (SSSR count). The summed E-state index contributed by atoms with van der Waals surface area (Å²) in [6.45, 7) is 1.49. The van der Waals surface area contributed by atoms with Gasteiger partial charge in [0.25, 0.3) is 5.91 Å². The summed E-state index contributed by atoms with van der Waals surface area (Å²) in [5.41, 5.74) is 6.17. The molecule has 4 unspecified atom stereocenters. The molecule has 7 N–H and O–H groups in total. The minimum Gasteiger partial charge on any atom is -0.511 e. The molecule has 11 nitrogen and oxygen atoms in total. The van der Waals surface area contributed by atoms with Crippen molar-refractivity contribution in [1.82, 2.24) is 4.72 Å². The summed E-state index contributed by atoms with van der Waals surface area (Å²) in [7, 11) is 0.110. The van der Waals surface area contributed by atoms with Gasteiger partial charge in [0.15, 0.2) is 5.78 Å². The molecule has 0 spiro atoms. The van der Waals surface area contributed by atoms with Gasteiger partial charge < -0.3 is 31.4 Å². The summed E-state index contributed by atoms with van der Waals surface area (Å²) < 4.78 is 24.9. The number of nitrogens with two attached hydrogens (primary N) is 1. The zero-order valence-electron chi connectivity index (χ0n) is 21.4. The van der Waals surface area contributed by atoms with Crippen LogP contribution in [0.1, 0.15) is 30.0 Å². The number of amides is 1. The van der Waals surface area contributed by atoms with Crippen LogP contribution < -0.4 is 15.4 Å². The van der Waals surface area contributed by atoms with Gasteiger partial charge in [-0.15, -0.1) is 0 Å². The maximum Gasteiger partial charge on any atom is 0.253 e. The highest BCUT2D eigenvalue weighted by Gasteiger charge is 2.52. The van der Waals surface area contributed by atoms with Crippen molar-refractivity contribution >= 4 is 38.9 Å². The lowest BCUT2D eigenvalue weighted by molar-refractivity contribution is -0.121. The van der Waals surface area contributed by atoms with Gasteiger partial charge >= 0.3 is 0 Å². The monoisotopic (exact) mass is 542 g/mol. The summed E-state index contributed by atoms with van der Waals surface area (Å²) in [6, 6.07) is 1.64. The van der Waals surface area contributed by atoms with Crippen LogP contribution in [0.4, 0.5) is 5.69 Å². The lowest BCUT2D eigenvalue weighted by atomic mass is 9.58. The summed E-state index contributed by atoms with van der Waals surface area (Å²) in [4.78, 5) is 27.5. The number of hydrogen-bond donors (Lipinski definition) is 6. The number of primary amides is 1. The van der Waals surface area contributed by atoms with E-state index < -0.39 is 51.1 Å². The van der Waals surface area contributed by atoms with Crippen molar-refractivity contribution in [2.24, 2.45) is 29.4 Å². The summed E-state index contributed by atoms with van der Waals surface area (Å²) >= 11 is 0. The minimum absolute atomic E-state index is 0.0542. The van der Waals surface area contributed by atoms with E-state index in [0.717, 1.165) is 6.26 Å². The number of benzene rings is 1. The Bertz CT molecular complexity index is 1510. The predicted molar refractivity (Wildman–Crippen MR) is 141 cm³/mol. The van der Waals surface area contributed by atoms with Crippen molar-refractivity contribution in [2.75, 3.05) is 31.8 Å². The Labute approximate surface area is 220 Å². The van der Waals surface area contributed by atoms with Crippen LogP contribution in [-0.2, 0) is 26.0 Å². The first-order valence-corrected chi connectivity index (χ1v) is 13.8. The Hall–Kier alpha value is -3.82. The fraction of sp³-hybridized carbons (Fsp3) is 0.423. The molecule has 0 radical (unpaired) electrons. The molecule has 4 atom stereocenters. The molecule has 1 amide bonds. The summed E-state index contributed by atoms with van der Waals surface area (Å²) in [5, 5.41) is 41.6. The first-order chi connectivity index (χ1) is 17.7. The lowest BCUT2D eigenvalue weighted by Gasteiger charge is -2.44. The highest BCUT2D eigenvalue weighted by atomic mass is 32.2. The standard InChI is InChI=1S/C26H30N4O7S/c1-11-14-8-13-9-15-16(30(2)3)10-12(6-5-7-29-38(4,36)37)23(32)19(15)25(34)17(13)24(33)18(14)21(27)20(22(11)31)26(28)35/h10-11,13-14,18,27,29,31-32,34H,7-9H2,1-4H3,(H2,28,35). The number of phenolic OH excluding ortho intramolecular Hbond substituents is 1. The molecule has 1 saturated carbocycles. The van der Waals surface area contributed by atoms with Crippen LogP contribution in [0.2, 0.25) is 0 Å². The fourth-order valence-corrected chi connectivity index (χ4v) is 6.14. The number of ketones is 1. The number of allylic oxidation sites excluding steroid dienone is 2. The molecule has 202 valence electrons. The number of aliphatic hydroxyl groups excluding tert-OH is 2. The van der Waals surface area contributed by atoms with Crippen molar-refractivity contribution in [3.63, 3.8) is 0 Å². The molecule has 0 saturated heterocycles. The third-order valence-corrected chi connectivity index (χ3v) is 8.22. The lowest BCUT2D eigenvalue weighted by Crippen LogP contribution is -2.49. The van der Waals surface area contributed by atoms with E-state index in [1.807, 2.05) is 0 Å². The van der Waals surface area contributed by atoms with Crippen molar-refractivity contribution in [3.05, 3.63) is 39.7 Å². The van der Waals surface area contributed by atoms with E-state index in [2.05, 4.69) is 16.6 Å². The number of anilines is 1. The van der Waals surface area contributed by atoms with Crippen LogP contribution in [-0.4, -0.2) is 68.0 Å². The van der Waals surface area contributed by atoms with Crippen LogP contribution >= 0.6 is 0 Å².